The van der Waals surface area contributed by atoms with E-state index in [2.05, 4.69) is 30.4 Å². The number of nitrogen functional groups attached to an aromatic ring is 1. The minimum atomic E-state index is 0.139. The molecule has 0 spiro atoms. The number of rotatable bonds is 3. The molecule has 0 radical (unpaired) electrons. The fourth-order valence-electron chi connectivity index (χ4n) is 1.90. The lowest BCUT2D eigenvalue weighted by Gasteiger charge is -2.23. The lowest BCUT2D eigenvalue weighted by Crippen LogP contribution is -2.31. The van der Waals surface area contributed by atoms with Gasteiger partial charge in [0, 0.05) is 6.61 Å². The molecule has 3 rings (SSSR count). The summed E-state index contributed by atoms with van der Waals surface area (Å²) in [6.07, 6.45) is 4.95. The zero-order valence-corrected chi connectivity index (χ0v) is 10.2. The highest BCUT2D eigenvalue weighted by Crippen LogP contribution is 2.12. The zero-order valence-electron chi connectivity index (χ0n) is 10.2. The Bertz CT molecular complexity index is 536. The van der Waals surface area contributed by atoms with Crippen LogP contribution in [0.3, 0.4) is 0 Å². The van der Waals surface area contributed by atoms with Gasteiger partial charge in [-0.3, -0.25) is 0 Å². The van der Waals surface area contributed by atoms with E-state index >= 15 is 0 Å². The number of aromatic nitrogens is 6. The molecule has 3 N–H and O–H groups in total. The van der Waals surface area contributed by atoms with E-state index in [4.69, 9.17) is 10.5 Å². The van der Waals surface area contributed by atoms with Crippen molar-refractivity contribution in [3.05, 3.63) is 12.7 Å². The largest absolute Gasteiger partial charge is 0.379 e. The Kier molecular flexibility index (Phi) is 3.19. The van der Waals surface area contributed by atoms with E-state index < -0.39 is 0 Å². The number of hydrogen-bond acceptors (Lipinski definition) is 8. The quantitative estimate of drug-likeness (QED) is 0.769. The molecule has 0 aromatic carbocycles. The molecule has 1 aliphatic heterocycles. The van der Waals surface area contributed by atoms with Gasteiger partial charge < -0.3 is 15.8 Å². The van der Waals surface area contributed by atoms with Crippen molar-refractivity contribution in [2.75, 3.05) is 24.3 Å². The van der Waals surface area contributed by atoms with Gasteiger partial charge in [0.25, 0.3) is 5.95 Å². The molecule has 2 aromatic rings. The Hall–Kier alpha value is -2.29. The summed E-state index contributed by atoms with van der Waals surface area (Å²) in [7, 11) is 0. The van der Waals surface area contributed by atoms with Crippen LogP contribution >= 0.6 is 0 Å². The Labute approximate surface area is 109 Å². The Balaban J connectivity index is 1.81. The van der Waals surface area contributed by atoms with Crippen molar-refractivity contribution in [1.29, 1.82) is 0 Å². The molecule has 1 aliphatic rings. The molecule has 1 atom stereocenters. The highest BCUT2D eigenvalue weighted by molar-refractivity contribution is 5.35. The molecule has 2 aromatic heterocycles. The second-order valence-electron chi connectivity index (χ2n) is 4.22. The van der Waals surface area contributed by atoms with E-state index in [0.29, 0.717) is 18.5 Å². The summed E-state index contributed by atoms with van der Waals surface area (Å²) < 4.78 is 6.83. The van der Waals surface area contributed by atoms with Crippen LogP contribution in [0.5, 0.6) is 0 Å². The van der Waals surface area contributed by atoms with Gasteiger partial charge >= 0.3 is 0 Å². The molecule has 1 saturated heterocycles. The molecule has 0 aliphatic carbocycles. The molecule has 0 amide bonds. The average Bonchev–Trinajstić information content (AvgIpc) is 2.93. The van der Waals surface area contributed by atoms with Crippen molar-refractivity contribution >= 4 is 11.9 Å². The lowest BCUT2D eigenvalue weighted by atomic mass is 10.1. The summed E-state index contributed by atoms with van der Waals surface area (Å²) in [5, 5.41) is 7.16. The van der Waals surface area contributed by atoms with E-state index in [1.165, 1.54) is 17.3 Å². The molecule has 0 bridgehead atoms. The van der Waals surface area contributed by atoms with E-state index in [1.54, 1.807) is 0 Å². The third-order valence-corrected chi connectivity index (χ3v) is 2.76. The fourth-order valence-corrected chi connectivity index (χ4v) is 1.90. The molecule has 1 fully saturated rings. The van der Waals surface area contributed by atoms with E-state index in [9.17, 15) is 0 Å². The first-order chi connectivity index (χ1) is 9.31. The average molecular weight is 262 g/mol. The van der Waals surface area contributed by atoms with Gasteiger partial charge in [0.15, 0.2) is 0 Å². The topological polar surface area (TPSA) is 117 Å². The summed E-state index contributed by atoms with van der Waals surface area (Å²) in [5.74, 6) is 0.900. The first-order valence-electron chi connectivity index (χ1n) is 6.02. The maximum Gasteiger partial charge on any atom is 0.258 e. The Morgan fingerprint density at radius 2 is 2.32 bits per heavy atom. The highest BCUT2D eigenvalue weighted by atomic mass is 16.5. The normalized spacial score (nSPS) is 19.3. The Morgan fingerprint density at radius 3 is 3.05 bits per heavy atom. The van der Waals surface area contributed by atoms with Crippen LogP contribution in [-0.4, -0.2) is 49.0 Å². The predicted molar refractivity (Wildman–Crippen MR) is 66.6 cm³/mol. The maximum atomic E-state index is 5.68. The number of anilines is 2. The number of ether oxygens (including phenoxy) is 1. The number of nitrogens with zero attached hydrogens (tertiary/aromatic N) is 6. The minimum Gasteiger partial charge on any atom is -0.379 e. The molecule has 3 heterocycles. The number of nitrogens with two attached hydrogens (primary N) is 1. The first kappa shape index (κ1) is 11.8. The molecular weight excluding hydrogens is 248 g/mol. The van der Waals surface area contributed by atoms with Crippen molar-refractivity contribution in [2.45, 2.75) is 18.9 Å². The third kappa shape index (κ3) is 2.76. The van der Waals surface area contributed by atoms with Crippen LogP contribution in [-0.2, 0) is 4.74 Å². The molecule has 9 nitrogen and oxygen atoms in total. The second kappa shape index (κ2) is 5.14. The van der Waals surface area contributed by atoms with Gasteiger partial charge in [-0.1, -0.05) is 0 Å². The zero-order chi connectivity index (χ0) is 13.1. The fraction of sp³-hybridized carbons (Fsp3) is 0.500. The molecule has 0 saturated carbocycles. The summed E-state index contributed by atoms with van der Waals surface area (Å²) in [4.78, 5) is 16.2. The van der Waals surface area contributed by atoms with Gasteiger partial charge in [0.2, 0.25) is 11.9 Å². The second-order valence-corrected chi connectivity index (χ2v) is 4.22. The Morgan fingerprint density at radius 1 is 1.37 bits per heavy atom. The van der Waals surface area contributed by atoms with Gasteiger partial charge in [-0.05, 0) is 12.8 Å². The van der Waals surface area contributed by atoms with Crippen LogP contribution in [0.15, 0.2) is 12.7 Å². The van der Waals surface area contributed by atoms with Crippen LogP contribution in [0.2, 0.25) is 0 Å². The summed E-state index contributed by atoms with van der Waals surface area (Å²) in [5.41, 5.74) is 5.68. The molecule has 9 heteroatoms. The smallest absolute Gasteiger partial charge is 0.258 e. The summed E-state index contributed by atoms with van der Waals surface area (Å²) in [6, 6.07) is 0.194. The summed E-state index contributed by atoms with van der Waals surface area (Å²) >= 11 is 0. The van der Waals surface area contributed by atoms with Crippen molar-refractivity contribution in [1.82, 2.24) is 29.7 Å². The van der Waals surface area contributed by atoms with Crippen LogP contribution < -0.4 is 11.1 Å². The van der Waals surface area contributed by atoms with Gasteiger partial charge in [-0.25, -0.2) is 4.98 Å². The molecular formula is C10H14N8O. The molecule has 100 valence electrons. The lowest BCUT2D eigenvalue weighted by molar-refractivity contribution is 0.0874. The van der Waals surface area contributed by atoms with Crippen molar-refractivity contribution in [3.8, 4) is 5.95 Å². The number of nitrogens with one attached hydrogen (secondary N) is 1. The minimum absolute atomic E-state index is 0.139. The van der Waals surface area contributed by atoms with E-state index in [0.717, 1.165) is 19.4 Å². The van der Waals surface area contributed by atoms with Gasteiger partial charge in [-0.2, -0.15) is 24.7 Å². The van der Waals surface area contributed by atoms with E-state index in [-0.39, 0.29) is 12.0 Å². The number of hydrogen-bond donors (Lipinski definition) is 2. The first-order valence-corrected chi connectivity index (χ1v) is 6.02. The van der Waals surface area contributed by atoms with Crippen LogP contribution in [0.1, 0.15) is 12.8 Å². The van der Waals surface area contributed by atoms with E-state index in [1.807, 2.05) is 0 Å². The van der Waals surface area contributed by atoms with Crippen molar-refractivity contribution in [3.63, 3.8) is 0 Å². The molecule has 19 heavy (non-hydrogen) atoms. The SMILES string of the molecule is Nc1nc(NC2CCCOC2)nc(-n2cncn2)n1. The standard InChI is InChI=1S/C10H14N8O/c11-8-15-9(14-7-2-1-3-19-4-7)17-10(16-8)18-6-12-5-13-18/h5-7H,1-4H2,(H3,11,14,15,16,17). The predicted octanol–water partition coefficient (Wildman–Crippen LogP) is -0.375. The summed E-state index contributed by atoms with van der Waals surface area (Å²) in [6.45, 7) is 1.45. The monoisotopic (exact) mass is 262 g/mol. The third-order valence-electron chi connectivity index (χ3n) is 2.76. The molecule has 1 unspecified atom stereocenters. The van der Waals surface area contributed by atoms with Crippen LogP contribution in [0, 0.1) is 0 Å². The van der Waals surface area contributed by atoms with Gasteiger partial charge in [0.1, 0.15) is 12.7 Å². The van der Waals surface area contributed by atoms with Crippen molar-refractivity contribution < 1.29 is 4.74 Å². The maximum absolute atomic E-state index is 5.68. The van der Waals surface area contributed by atoms with Gasteiger partial charge in [-0.15, -0.1) is 0 Å². The van der Waals surface area contributed by atoms with Gasteiger partial charge in [0.05, 0.1) is 12.6 Å². The highest BCUT2D eigenvalue weighted by Gasteiger charge is 2.16. The van der Waals surface area contributed by atoms with Crippen LogP contribution in [0.4, 0.5) is 11.9 Å². The van der Waals surface area contributed by atoms with Crippen LogP contribution in [0.25, 0.3) is 5.95 Å². The van der Waals surface area contributed by atoms with Crippen molar-refractivity contribution in [2.24, 2.45) is 0 Å².